The number of unbranched alkanes of at least 4 members (excludes halogenated alkanes) is 3. The first-order valence-electron chi connectivity index (χ1n) is 7.61. The van der Waals surface area contributed by atoms with E-state index in [1.807, 2.05) is 0 Å². The van der Waals surface area contributed by atoms with Crippen LogP contribution in [0.4, 0.5) is 10.5 Å². The third-order valence-corrected chi connectivity index (χ3v) is 3.78. The van der Waals surface area contributed by atoms with Crippen LogP contribution >= 0.6 is 11.6 Å². The van der Waals surface area contributed by atoms with E-state index in [2.05, 4.69) is 12.2 Å². The number of hydrogen-bond donors (Lipinski definition) is 2. The molecule has 0 aliphatic carbocycles. The maximum atomic E-state index is 12.4. The number of amides is 3. The van der Waals surface area contributed by atoms with Crippen molar-refractivity contribution in [2.75, 3.05) is 26.4 Å². The van der Waals surface area contributed by atoms with Crippen molar-refractivity contribution in [3.05, 3.63) is 22.7 Å². The lowest BCUT2D eigenvalue weighted by Crippen LogP contribution is -2.41. The molecule has 128 valence electrons. The van der Waals surface area contributed by atoms with Crippen molar-refractivity contribution in [3.8, 4) is 5.75 Å². The number of nitrogens with one attached hydrogen (secondary N) is 1. The fraction of sp³-hybridized carbons (Fsp3) is 0.500. The number of rotatable bonds is 7. The number of halogens is 1. The molecule has 0 aliphatic rings. The van der Waals surface area contributed by atoms with Crippen LogP contribution in [-0.4, -0.2) is 37.5 Å². The van der Waals surface area contributed by atoms with Gasteiger partial charge in [0.05, 0.1) is 23.4 Å². The zero-order valence-corrected chi connectivity index (χ0v) is 14.6. The van der Waals surface area contributed by atoms with Crippen LogP contribution in [-0.2, 0) is 0 Å². The number of carbonyl (C=O) groups is 2. The quantitative estimate of drug-likeness (QED) is 0.588. The molecule has 1 aromatic carbocycles. The predicted octanol–water partition coefficient (Wildman–Crippen LogP) is 3.29. The second kappa shape index (κ2) is 9.25. The number of carbonyl (C=O) groups excluding carboxylic acids is 2. The first kappa shape index (κ1) is 19.1. The molecule has 3 N–H and O–H groups in total. The Labute approximate surface area is 141 Å². The van der Waals surface area contributed by atoms with Gasteiger partial charge in [-0.25, -0.2) is 4.79 Å². The van der Waals surface area contributed by atoms with Crippen LogP contribution in [0.15, 0.2) is 12.1 Å². The lowest BCUT2D eigenvalue weighted by Gasteiger charge is -2.18. The van der Waals surface area contributed by atoms with Crippen LogP contribution in [0.1, 0.15) is 43.0 Å². The third kappa shape index (κ3) is 5.32. The van der Waals surface area contributed by atoms with E-state index in [0.29, 0.717) is 12.3 Å². The highest BCUT2D eigenvalue weighted by Crippen LogP contribution is 2.29. The smallest absolute Gasteiger partial charge is 0.324 e. The van der Waals surface area contributed by atoms with Crippen LogP contribution < -0.4 is 15.8 Å². The van der Waals surface area contributed by atoms with Gasteiger partial charge in [-0.3, -0.25) is 9.69 Å². The summed E-state index contributed by atoms with van der Waals surface area (Å²) in [6, 6.07) is 2.41. The summed E-state index contributed by atoms with van der Waals surface area (Å²) in [5.41, 5.74) is 6.23. The topological polar surface area (TPSA) is 84.7 Å². The number of hydrogen-bond acceptors (Lipinski definition) is 4. The number of benzene rings is 1. The minimum absolute atomic E-state index is 0.161. The maximum Gasteiger partial charge on any atom is 0.324 e. The highest BCUT2D eigenvalue weighted by Gasteiger charge is 2.22. The number of methoxy groups -OCH3 is 1. The average Bonchev–Trinajstić information content (AvgIpc) is 2.54. The summed E-state index contributed by atoms with van der Waals surface area (Å²) in [6.45, 7) is 2.66. The van der Waals surface area contributed by atoms with Gasteiger partial charge in [-0.05, 0) is 12.5 Å². The molecule has 0 aromatic heterocycles. The molecule has 1 rings (SSSR count). The molecular weight excluding hydrogens is 318 g/mol. The van der Waals surface area contributed by atoms with Crippen molar-refractivity contribution >= 4 is 29.2 Å². The summed E-state index contributed by atoms with van der Waals surface area (Å²) >= 11 is 6.07. The van der Waals surface area contributed by atoms with Gasteiger partial charge in [0.25, 0.3) is 5.91 Å². The highest BCUT2D eigenvalue weighted by atomic mass is 35.5. The molecule has 0 aliphatic heterocycles. The second-order valence-corrected chi connectivity index (χ2v) is 5.64. The van der Waals surface area contributed by atoms with Gasteiger partial charge in [-0.1, -0.05) is 37.8 Å². The zero-order valence-electron chi connectivity index (χ0n) is 13.8. The average molecular weight is 342 g/mol. The van der Waals surface area contributed by atoms with Gasteiger partial charge >= 0.3 is 6.03 Å². The largest absolute Gasteiger partial charge is 0.495 e. The monoisotopic (exact) mass is 341 g/mol. The number of urea groups is 1. The van der Waals surface area contributed by atoms with E-state index >= 15 is 0 Å². The van der Waals surface area contributed by atoms with Gasteiger partial charge in [0.2, 0.25) is 0 Å². The summed E-state index contributed by atoms with van der Waals surface area (Å²) < 4.78 is 5.04. The lowest BCUT2D eigenvalue weighted by molar-refractivity contribution is 0.0831. The number of anilines is 1. The van der Waals surface area contributed by atoms with Gasteiger partial charge in [-0.2, -0.15) is 0 Å². The Hall–Kier alpha value is -1.95. The molecule has 0 spiro atoms. The van der Waals surface area contributed by atoms with Crippen LogP contribution in [0, 0.1) is 0 Å². The molecule has 0 atom stereocenters. The van der Waals surface area contributed by atoms with E-state index in [9.17, 15) is 9.59 Å². The molecule has 3 amide bonds. The van der Waals surface area contributed by atoms with E-state index in [1.165, 1.54) is 26.3 Å². The highest BCUT2D eigenvalue weighted by molar-refractivity contribution is 6.34. The van der Waals surface area contributed by atoms with Crippen LogP contribution in [0.5, 0.6) is 5.75 Å². The molecule has 0 saturated carbocycles. The number of imide groups is 1. The first-order chi connectivity index (χ1) is 10.9. The van der Waals surface area contributed by atoms with E-state index in [0.717, 1.165) is 30.6 Å². The molecule has 7 heteroatoms. The normalized spacial score (nSPS) is 10.3. The molecule has 1 aromatic rings. The second-order valence-electron chi connectivity index (χ2n) is 5.23. The molecule has 0 radical (unpaired) electrons. The summed E-state index contributed by atoms with van der Waals surface area (Å²) in [6.07, 6.45) is 4.20. The predicted molar refractivity (Wildman–Crippen MR) is 92.1 cm³/mol. The van der Waals surface area contributed by atoms with E-state index in [-0.39, 0.29) is 16.3 Å². The molecule has 0 heterocycles. The third-order valence-electron chi connectivity index (χ3n) is 3.47. The van der Waals surface area contributed by atoms with Gasteiger partial charge in [0.1, 0.15) is 5.75 Å². The van der Waals surface area contributed by atoms with Crippen LogP contribution in [0.25, 0.3) is 0 Å². The van der Waals surface area contributed by atoms with Crippen molar-refractivity contribution in [1.29, 1.82) is 0 Å². The molecular formula is C16H24ClN3O3. The Balaban J connectivity index is 2.69. The fourth-order valence-corrected chi connectivity index (χ4v) is 2.29. The SMILES string of the molecule is CCCCCCNC(=O)N(C)C(=O)c1cc(N)c(OC)cc1Cl. The van der Waals surface area contributed by atoms with Gasteiger partial charge in [-0.15, -0.1) is 0 Å². The van der Waals surface area contributed by atoms with Crippen molar-refractivity contribution in [2.24, 2.45) is 0 Å². The molecule has 23 heavy (non-hydrogen) atoms. The molecule has 0 unspecified atom stereocenters. The Morgan fingerprint density at radius 1 is 1.30 bits per heavy atom. The minimum atomic E-state index is -0.518. The summed E-state index contributed by atoms with van der Waals surface area (Å²) in [4.78, 5) is 25.4. The summed E-state index contributed by atoms with van der Waals surface area (Å²) in [7, 11) is 2.86. The Kier molecular flexibility index (Phi) is 7.68. The van der Waals surface area contributed by atoms with E-state index < -0.39 is 11.9 Å². The van der Waals surface area contributed by atoms with E-state index in [1.54, 1.807) is 0 Å². The van der Waals surface area contributed by atoms with Gasteiger partial charge < -0.3 is 15.8 Å². The van der Waals surface area contributed by atoms with Crippen molar-refractivity contribution in [2.45, 2.75) is 32.6 Å². The molecule has 6 nitrogen and oxygen atoms in total. The summed E-state index contributed by atoms with van der Waals surface area (Å²) in [5.74, 6) is -0.134. The van der Waals surface area contributed by atoms with Crippen LogP contribution in [0.2, 0.25) is 5.02 Å². The van der Waals surface area contributed by atoms with Crippen molar-refractivity contribution in [1.82, 2.24) is 10.2 Å². The maximum absolute atomic E-state index is 12.4. The first-order valence-corrected chi connectivity index (χ1v) is 7.99. The molecule has 0 bridgehead atoms. The standard InChI is InChI=1S/C16H24ClN3O3/c1-4-5-6-7-8-19-16(22)20(2)15(21)11-9-13(18)14(23-3)10-12(11)17/h9-10H,4-8,18H2,1-3H3,(H,19,22). The summed E-state index contributed by atoms with van der Waals surface area (Å²) in [5, 5.41) is 2.90. The van der Waals surface area contributed by atoms with E-state index in [4.69, 9.17) is 22.1 Å². The lowest BCUT2D eigenvalue weighted by atomic mass is 10.1. The Morgan fingerprint density at radius 3 is 2.61 bits per heavy atom. The number of nitrogen functional groups attached to an aromatic ring is 1. The van der Waals surface area contributed by atoms with Crippen LogP contribution in [0.3, 0.4) is 0 Å². The van der Waals surface area contributed by atoms with Gasteiger partial charge in [0, 0.05) is 19.7 Å². The van der Waals surface area contributed by atoms with Crippen molar-refractivity contribution < 1.29 is 14.3 Å². The zero-order chi connectivity index (χ0) is 17.4. The number of nitrogens with zero attached hydrogens (tertiary/aromatic N) is 1. The number of nitrogens with two attached hydrogens (primary N) is 1. The minimum Gasteiger partial charge on any atom is -0.495 e. The molecule has 0 saturated heterocycles. The Morgan fingerprint density at radius 2 is 2.00 bits per heavy atom. The Bertz CT molecular complexity index is 564. The van der Waals surface area contributed by atoms with Gasteiger partial charge in [0.15, 0.2) is 0 Å². The number of ether oxygens (including phenoxy) is 1. The molecule has 0 fully saturated rings. The van der Waals surface area contributed by atoms with Crippen molar-refractivity contribution in [3.63, 3.8) is 0 Å². The fourth-order valence-electron chi connectivity index (χ4n) is 2.05.